The number of hydrogen-bond donors (Lipinski definition) is 2. The second-order valence-electron chi connectivity index (χ2n) is 5.96. The van der Waals surface area contributed by atoms with Gasteiger partial charge in [-0.2, -0.15) is 0 Å². The number of nitrogens with one attached hydrogen (secondary N) is 2. The molecule has 1 heterocycles. The molecule has 1 aromatic carbocycles. The molecule has 1 unspecified atom stereocenters. The van der Waals surface area contributed by atoms with Gasteiger partial charge in [-0.15, -0.1) is 0 Å². The summed E-state index contributed by atoms with van der Waals surface area (Å²) in [4.78, 5) is 14.4. The molecule has 2 N–H and O–H groups in total. The summed E-state index contributed by atoms with van der Waals surface area (Å²) in [6, 6.07) is 7.94. The minimum absolute atomic E-state index is 0.0752. The maximum atomic E-state index is 12.2. The third kappa shape index (κ3) is 5.48. The van der Waals surface area contributed by atoms with E-state index in [0.29, 0.717) is 12.5 Å². The van der Waals surface area contributed by atoms with E-state index in [0.717, 1.165) is 37.4 Å². The number of amides is 1. The third-order valence-electron chi connectivity index (χ3n) is 4.03. The molecule has 1 aliphatic heterocycles. The van der Waals surface area contributed by atoms with Gasteiger partial charge in [-0.1, -0.05) is 19.1 Å². The van der Waals surface area contributed by atoms with Gasteiger partial charge in [-0.05, 0) is 63.0 Å². The molecule has 1 atom stereocenters. The summed E-state index contributed by atoms with van der Waals surface area (Å²) in [5, 5.41) is 6.43. The Morgan fingerprint density at radius 2 is 2.33 bits per heavy atom. The molecular formula is C17H27N3O. The first-order chi connectivity index (χ1) is 10.2. The highest BCUT2D eigenvalue weighted by molar-refractivity contribution is 5.92. The van der Waals surface area contributed by atoms with Gasteiger partial charge < -0.3 is 10.6 Å². The molecule has 1 amide bonds. The van der Waals surface area contributed by atoms with Crippen molar-refractivity contribution >= 4 is 11.6 Å². The Morgan fingerprint density at radius 1 is 1.48 bits per heavy atom. The number of piperidine rings is 1. The first kappa shape index (κ1) is 16.0. The van der Waals surface area contributed by atoms with Gasteiger partial charge in [0.05, 0.1) is 6.54 Å². The summed E-state index contributed by atoms with van der Waals surface area (Å²) in [6.45, 7) is 8.76. The molecule has 4 heteroatoms. The molecule has 1 aliphatic rings. The second kappa shape index (κ2) is 8.15. The van der Waals surface area contributed by atoms with E-state index >= 15 is 0 Å². The van der Waals surface area contributed by atoms with E-state index in [4.69, 9.17) is 0 Å². The Hall–Kier alpha value is -1.39. The molecule has 2 rings (SSSR count). The summed E-state index contributed by atoms with van der Waals surface area (Å²) in [5.41, 5.74) is 2.05. The first-order valence-corrected chi connectivity index (χ1v) is 7.97. The largest absolute Gasteiger partial charge is 0.325 e. The normalized spacial score (nSPS) is 18.7. The summed E-state index contributed by atoms with van der Waals surface area (Å²) in [7, 11) is 0. The average molecular weight is 289 g/mol. The van der Waals surface area contributed by atoms with Crippen LogP contribution in [0.15, 0.2) is 24.3 Å². The minimum Gasteiger partial charge on any atom is -0.325 e. The van der Waals surface area contributed by atoms with Crippen LogP contribution in [-0.4, -0.2) is 43.5 Å². The van der Waals surface area contributed by atoms with Gasteiger partial charge >= 0.3 is 0 Å². The summed E-state index contributed by atoms with van der Waals surface area (Å²) < 4.78 is 0. The van der Waals surface area contributed by atoms with Crippen LogP contribution in [0.2, 0.25) is 0 Å². The zero-order valence-corrected chi connectivity index (χ0v) is 13.2. The number of carbonyl (C=O) groups is 1. The first-order valence-electron chi connectivity index (χ1n) is 7.97. The van der Waals surface area contributed by atoms with Crippen LogP contribution < -0.4 is 10.6 Å². The zero-order valence-electron chi connectivity index (χ0n) is 13.2. The molecule has 0 bridgehead atoms. The van der Waals surface area contributed by atoms with Crippen molar-refractivity contribution in [2.45, 2.75) is 26.7 Å². The second-order valence-corrected chi connectivity index (χ2v) is 5.96. The SMILES string of the molecule is CCN(CC(=O)Nc1cccc(C)c1)CC1CCCNC1. The molecule has 1 fully saturated rings. The Bertz CT molecular complexity index is 455. The Morgan fingerprint density at radius 3 is 3.00 bits per heavy atom. The highest BCUT2D eigenvalue weighted by atomic mass is 16.2. The summed E-state index contributed by atoms with van der Waals surface area (Å²) in [5.74, 6) is 0.747. The van der Waals surface area contributed by atoms with Crippen molar-refractivity contribution in [1.82, 2.24) is 10.2 Å². The van der Waals surface area contributed by atoms with Gasteiger partial charge in [-0.3, -0.25) is 9.69 Å². The molecule has 1 aromatic rings. The highest BCUT2D eigenvalue weighted by Gasteiger charge is 2.17. The Kier molecular flexibility index (Phi) is 6.21. The Balaban J connectivity index is 1.81. The number of anilines is 1. The molecule has 0 aliphatic carbocycles. The quantitative estimate of drug-likeness (QED) is 0.844. The molecular weight excluding hydrogens is 262 g/mol. The molecule has 0 aromatic heterocycles. The monoisotopic (exact) mass is 289 g/mol. The number of benzene rings is 1. The predicted octanol–water partition coefficient (Wildman–Crippen LogP) is 2.26. The minimum atomic E-state index is 0.0752. The maximum Gasteiger partial charge on any atom is 0.238 e. The van der Waals surface area contributed by atoms with Crippen LogP contribution in [0.1, 0.15) is 25.3 Å². The molecule has 0 spiro atoms. The van der Waals surface area contributed by atoms with Gasteiger partial charge in [0, 0.05) is 12.2 Å². The van der Waals surface area contributed by atoms with Gasteiger partial charge in [0.15, 0.2) is 0 Å². The number of likely N-dealkylation sites (N-methyl/N-ethyl adjacent to an activating group) is 1. The number of carbonyl (C=O) groups excluding carboxylic acids is 1. The molecule has 0 radical (unpaired) electrons. The third-order valence-corrected chi connectivity index (χ3v) is 4.03. The van der Waals surface area contributed by atoms with Crippen molar-refractivity contribution in [2.24, 2.45) is 5.92 Å². The standard InChI is InChI=1S/C17H27N3O/c1-3-20(12-15-7-5-9-18-11-15)13-17(21)19-16-8-4-6-14(2)10-16/h4,6,8,10,15,18H,3,5,7,9,11-13H2,1-2H3,(H,19,21). The zero-order chi connectivity index (χ0) is 15.1. The van der Waals surface area contributed by atoms with E-state index in [1.165, 1.54) is 12.8 Å². The maximum absolute atomic E-state index is 12.2. The number of nitrogens with zero attached hydrogens (tertiary/aromatic N) is 1. The van der Waals surface area contributed by atoms with E-state index in [1.54, 1.807) is 0 Å². The smallest absolute Gasteiger partial charge is 0.238 e. The van der Waals surface area contributed by atoms with Crippen LogP contribution in [-0.2, 0) is 4.79 Å². The topological polar surface area (TPSA) is 44.4 Å². The Labute approximate surface area is 127 Å². The van der Waals surface area contributed by atoms with E-state index < -0.39 is 0 Å². The van der Waals surface area contributed by atoms with Crippen molar-refractivity contribution in [1.29, 1.82) is 0 Å². The fourth-order valence-corrected chi connectivity index (χ4v) is 2.88. The van der Waals surface area contributed by atoms with Crippen molar-refractivity contribution in [3.63, 3.8) is 0 Å². The predicted molar refractivity (Wildman–Crippen MR) is 87.5 cm³/mol. The van der Waals surface area contributed by atoms with Crippen LogP contribution in [0.3, 0.4) is 0 Å². The van der Waals surface area contributed by atoms with Gasteiger partial charge in [0.1, 0.15) is 0 Å². The van der Waals surface area contributed by atoms with E-state index in [1.807, 2.05) is 31.2 Å². The van der Waals surface area contributed by atoms with Crippen LogP contribution in [0.5, 0.6) is 0 Å². The van der Waals surface area contributed by atoms with Crippen molar-refractivity contribution in [3.8, 4) is 0 Å². The van der Waals surface area contributed by atoms with Crippen LogP contribution in [0, 0.1) is 12.8 Å². The lowest BCUT2D eigenvalue weighted by atomic mass is 9.99. The molecule has 116 valence electrons. The number of hydrogen-bond acceptors (Lipinski definition) is 3. The fourth-order valence-electron chi connectivity index (χ4n) is 2.88. The fraction of sp³-hybridized carbons (Fsp3) is 0.588. The van der Waals surface area contributed by atoms with Crippen molar-refractivity contribution in [2.75, 3.05) is 38.0 Å². The van der Waals surface area contributed by atoms with Gasteiger partial charge in [0.2, 0.25) is 5.91 Å². The van der Waals surface area contributed by atoms with Crippen molar-refractivity contribution in [3.05, 3.63) is 29.8 Å². The van der Waals surface area contributed by atoms with E-state index in [2.05, 4.69) is 22.5 Å². The number of rotatable bonds is 6. The van der Waals surface area contributed by atoms with Gasteiger partial charge in [-0.25, -0.2) is 0 Å². The summed E-state index contributed by atoms with van der Waals surface area (Å²) >= 11 is 0. The summed E-state index contributed by atoms with van der Waals surface area (Å²) in [6.07, 6.45) is 2.51. The lowest BCUT2D eigenvalue weighted by molar-refractivity contribution is -0.117. The molecule has 0 saturated carbocycles. The average Bonchev–Trinajstić information content (AvgIpc) is 2.47. The van der Waals surface area contributed by atoms with E-state index in [-0.39, 0.29) is 5.91 Å². The molecule has 4 nitrogen and oxygen atoms in total. The number of aryl methyl sites for hydroxylation is 1. The molecule has 1 saturated heterocycles. The van der Waals surface area contributed by atoms with Crippen LogP contribution >= 0.6 is 0 Å². The lowest BCUT2D eigenvalue weighted by Crippen LogP contribution is -2.41. The lowest BCUT2D eigenvalue weighted by Gasteiger charge is -2.29. The highest BCUT2D eigenvalue weighted by Crippen LogP contribution is 2.12. The van der Waals surface area contributed by atoms with Crippen molar-refractivity contribution < 1.29 is 4.79 Å². The van der Waals surface area contributed by atoms with Crippen LogP contribution in [0.4, 0.5) is 5.69 Å². The van der Waals surface area contributed by atoms with E-state index in [9.17, 15) is 4.79 Å². The molecule has 21 heavy (non-hydrogen) atoms. The van der Waals surface area contributed by atoms with Crippen LogP contribution in [0.25, 0.3) is 0 Å². The van der Waals surface area contributed by atoms with Gasteiger partial charge in [0.25, 0.3) is 0 Å².